The van der Waals surface area contributed by atoms with Gasteiger partial charge in [0, 0.05) is 0 Å². The van der Waals surface area contributed by atoms with Crippen LogP contribution in [0.15, 0.2) is 18.2 Å². The van der Waals surface area contributed by atoms with E-state index in [2.05, 4.69) is 10.7 Å². The van der Waals surface area contributed by atoms with Gasteiger partial charge in [-0.3, -0.25) is 4.79 Å². The molecule has 0 fully saturated rings. The summed E-state index contributed by atoms with van der Waals surface area (Å²) in [5.41, 5.74) is -0.369. The molecule has 1 atom stereocenters. The summed E-state index contributed by atoms with van der Waals surface area (Å²) in [6, 6.07) is 4.33. The number of benzene rings is 1. The van der Waals surface area contributed by atoms with E-state index in [1.165, 1.54) is 19.2 Å². The van der Waals surface area contributed by atoms with Gasteiger partial charge in [-0.2, -0.15) is 0 Å². The number of ether oxygens (including phenoxy) is 2. The molecule has 102 valence electrons. The van der Waals surface area contributed by atoms with Crippen LogP contribution in [0.2, 0.25) is 0 Å². The van der Waals surface area contributed by atoms with Gasteiger partial charge in [0.25, 0.3) is 0 Å². The van der Waals surface area contributed by atoms with Crippen molar-refractivity contribution < 1.29 is 18.7 Å². The van der Waals surface area contributed by atoms with Crippen LogP contribution in [0.1, 0.15) is 32.3 Å². The van der Waals surface area contributed by atoms with Crippen molar-refractivity contribution in [2.24, 2.45) is 0 Å². The lowest BCUT2D eigenvalue weighted by molar-refractivity contribution is -0.141. The quantitative estimate of drug-likeness (QED) is 0.619. The van der Waals surface area contributed by atoms with Crippen LogP contribution >= 0.6 is 0 Å². The molecule has 1 aromatic carbocycles. The highest BCUT2D eigenvalue weighted by Gasteiger charge is 2.21. The van der Waals surface area contributed by atoms with Crippen molar-refractivity contribution in [2.75, 3.05) is 7.11 Å². The molecule has 3 nitrogen and oxygen atoms in total. The van der Waals surface area contributed by atoms with Crippen molar-refractivity contribution in [2.45, 2.75) is 32.3 Å². The van der Waals surface area contributed by atoms with Gasteiger partial charge in [-0.05, 0) is 38.5 Å². The Bertz CT molecular complexity index is 515. The van der Waals surface area contributed by atoms with Crippen molar-refractivity contribution in [1.29, 1.82) is 0 Å². The number of carbonyl (C=O) groups is 1. The number of terminal acetylenes is 1. The zero-order valence-electron chi connectivity index (χ0n) is 11.5. The first-order chi connectivity index (χ1) is 8.80. The highest BCUT2D eigenvalue weighted by molar-refractivity contribution is 5.77. The van der Waals surface area contributed by atoms with Crippen LogP contribution in [0, 0.1) is 18.2 Å². The molecule has 1 unspecified atom stereocenters. The zero-order chi connectivity index (χ0) is 14.6. The summed E-state index contributed by atoms with van der Waals surface area (Å²) < 4.78 is 23.9. The Hall–Kier alpha value is -2.02. The van der Waals surface area contributed by atoms with Gasteiger partial charge in [0.15, 0.2) is 17.2 Å². The number of carbonyl (C=O) groups excluding carboxylic acids is 1. The number of halogens is 1. The summed E-state index contributed by atoms with van der Waals surface area (Å²) in [6.45, 7) is 4.97. The standard InChI is InChI=1S/C15H17FO3/c1-6-15(3,4)19-13-8-7-11(9-12(13)16)10(2)14(17)18-5/h1,7-10H,2-5H3. The molecular weight excluding hydrogens is 247 g/mol. The van der Waals surface area contributed by atoms with E-state index in [0.29, 0.717) is 5.56 Å². The van der Waals surface area contributed by atoms with Gasteiger partial charge >= 0.3 is 5.97 Å². The van der Waals surface area contributed by atoms with Crippen LogP contribution < -0.4 is 4.74 Å². The van der Waals surface area contributed by atoms with E-state index in [1.807, 2.05) is 0 Å². The summed E-state index contributed by atoms with van der Waals surface area (Å²) >= 11 is 0. The highest BCUT2D eigenvalue weighted by Crippen LogP contribution is 2.26. The van der Waals surface area contributed by atoms with Crippen LogP contribution in [0.5, 0.6) is 5.75 Å². The van der Waals surface area contributed by atoms with E-state index in [-0.39, 0.29) is 5.75 Å². The first kappa shape index (κ1) is 15.0. The van der Waals surface area contributed by atoms with E-state index >= 15 is 0 Å². The van der Waals surface area contributed by atoms with E-state index in [4.69, 9.17) is 11.2 Å². The van der Waals surface area contributed by atoms with Crippen molar-refractivity contribution >= 4 is 5.97 Å². The lowest BCUT2D eigenvalue weighted by atomic mass is 10.0. The predicted octanol–water partition coefficient (Wildman–Crippen LogP) is 2.89. The molecule has 0 aliphatic rings. The van der Waals surface area contributed by atoms with E-state index in [9.17, 15) is 9.18 Å². The van der Waals surface area contributed by atoms with Crippen molar-refractivity contribution in [3.63, 3.8) is 0 Å². The predicted molar refractivity (Wildman–Crippen MR) is 70.4 cm³/mol. The molecule has 1 rings (SSSR count). The molecule has 0 amide bonds. The first-order valence-corrected chi connectivity index (χ1v) is 5.85. The van der Waals surface area contributed by atoms with Crippen LogP contribution in [-0.2, 0) is 9.53 Å². The maximum absolute atomic E-state index is 13.9. The zero-order valence-corrected chi connectivity index (χ0v) is 11.5. The molecule has 1 aromatic rings. The third-order valence-electron chi connectivity index (χ3n) is 2.72. The van der Waals surface area contributed by atoms with Gasteiger partial charge < -0.3 is 9.47 Å². The van der Waals surface area contributed by atoms with E-state index in [0.717, 1.165) is 0 Å². The van der Waals surface area contributed by atoms with Crippen molar-refractivity contribution in [3.8, 4) is 18.1 Å². The molecule has 0 saturated carbocycles. The van der Waals surface area contributed by atoms with Gasteiger partial charge in [0.2, 0.25) is 0 Å². The molecule has 0 radical (unpaired) electrons. The van der Waals surface area contributed by atoms with E-state index in [1.54, 1.807) is 26.8 Å². The molecule has 0 aliphatic carbocycles. The van der Waals surface area contributed by atoms with Gasteiger partial charge in [-0.15, -0.1) is 6.42 Å². The van der Waals surface area contributed by atoms with Gasteiger partial charge in [-0.25, -0.2) is 4.39 Å². The molecule has 0 saturated heterocycles. The van der Waals surface area contributed by atoms with Gasteiger partial charge in [0.05, 0.1) is 13.0 Å². The third kappa shape index (κ3) is 3.72. The van der Waals surface area contributed by atoms with E-state index < -0.39 is 23.3 Å². The summed E-state index contributed by atoms with van der Waals surface area (Å²) in [7, 11) is 1.29. The number of esters is 1. The first-order valence-electron chi connectivity index (χ1n) is 5.85. The minimum atomic E-state index is -0.893. The number of rotatable bonds is 4. The molecule has 0 aliphatic heterocycles. The average molecular weight is 264 g/mol. The summed E-state index contributed by atoms with van der Waals surface area (Å²) in [5, 5.41) is 0. The molecule has 4 heteroatoms. The number of hydrogen-bond donors (Lipinski definition) is 0. The van der Waals surface area contributed by atoms with Crippen LogP contribution in [0.25, 0.3) is 0 Å². The fourth-order valence-electron chi connectivity index (χ4n) is 1.49. The second-order valence-corrected chi connectivity index (χ2v) is 4.69. The largest absolute Gasteiger partial charge is 0.472 e. The van der Waals surface area contributed by atoms with Crippen molar-refractivity contribution in [1.82, 2.24) is 0 Å². The molecule has 0 spiro atoms. The second kappa shape index (κ2) is 5.75. The monoisotopic (exact) mass is 264 g/mol. The van der Waals surface area contributed by atoms with Crippen LogP contribution in [-0.4, -0.2) is 18.7 Å². The van der Waals surface area contributed by atoms with Crippen LogP contribution in [0.4, 0.5) is 4.39 Å². The number of methoxy groups -OCH3 is 1. The average Bonchev–Trinajstić information content (AvgIpc) is 2.39. The molecular formula is C15H17FO3. The second-order valence-electron chi connectivity index (χ2n) is 4.69. The summed E-state index contributed by atoms with van der Waals surface area (Å²) in [4.78, 5) is 11.4. The highest BCUT2D eigenvalue weighted by atomic mass is 19.1. The maximum atomic E-state index is 13.9. The molecule has 0 heterocycles. The lowest BCUT2D eigenvalue weighted by Gasteiger charge is -2.21. The Morgan fingerprint density at radius 3 is 2.58 bits per heavy atom. The Morgan fingerprint density at radius 2 is 2.11 bits per heavy atom. The Labute approximate surface area is 112 Å². The Balaban J connectivity index is 2.99. The molecule has 0 N–H and O–H groups in total. The topological polar surface area (TPSA) is 35.5 Å². The molecule has 19 heavy (non-hydrogen) atoms. The fraction of sp³-hybridized carbons (Fsp3) is 0.400. The van der Waals surface area contributed by atoms with Crippen molar-refractivity contribution in [3.05, 3.63) is 29.6 Å². The Kier molecular flexibility index (Phi) is 4.55. The van der Waals surface area contributed by atoms with Gasteiger partial charge in [0.1, 0.15) is 0 Å². The molecule has 0 aromatic heterocycles. The maximum Gasteiger partial charge on any atom is 0.312 e. The minimum absolute atomic E-state index is 0.0590. The third-order valence-corrected chi connectivity index (χ3v) is 2.72. The number of hydrogen-bond acceptors (Lipinski definition) is 3. The smallest absolute Gasteiger partial charge is 0.312 e. The summed E-state index contributed by atoms with van der Waals surface area (Å²) in [6.07, 6.45) is 5.28. The SMILES string of the molecule is C#CC(C)(C)Oc1ccc(C(C)C(=O)OC)cc1F. The normalized spacial score (nSPS) is 12.4. The lowest BCUT2D eigenvalue weighted by Crippen LogP contribution is -2.26. The van der Waals surface area contributed by atoms with Gasteiger partial charge in [-0.1, -0.05) is 12.0 Å². The Morgan fingerprint density at radius 1 is 1.47 bits per heavy atom. The minimum Gasteiger partial charge on any atom is -0.472 e. The fourth-order valence-corrected chi connectivity index (χ4v) is 1.49. The molecule has 0 bridgehead atoms. The van der Waals surface area contributed by atoms with Crippen LogP contribution in [0.3, 0.4) is 0 Å². The summed E-state index contributed by atoms with van der Waals surface area (Å²) in [5.74, 6) is 0.966.